The molecule has 0 spiro atoms. The molecule has 1 aliphatic rings. The van der Waals surface area contributed by atoms with Crippen molar-refractivity contribution in [3.63, 3.8) is 0 Å². The fourth-order valence-electron chi connectivity index (χ4n) is 3.29. The number of carbonyl (C=O) groups excluding carboxylic acids is 1. The lowest BCUT2D eigenvalue weighted by atomic mass is 10.00. The van der Waals surface area contributed by atoms with Gasteiger partial charge in [0.15, 0.2) is 11.6 Å². The van der Waals surface area contributed by atoms with Crippen molar-refractivity contribution in [2.45, 2.75) is 12.5 Å². The summed E-state index contributed by atoms with van der Waals surface area (Å²) in [5.74, 6) is -2.02. The van der Waals surface area contributed by atoms with Gasteiger partial charge in [0.25, 0.3) is 0 Å². The topological polar surface area (TPSA) is 61.8 Å². The number of hydrogen-bond acceptors (Lipinski definition) is 3. The minimum absolute atomic E-state index is 0.0760. The zero-order valence-electron chi connectivity index (χ0n) is 15.8. The Morgan fingerprint density at radius 1 is 1.28 bits per heavy atom. The highest BCUT2D eigenvalue weighted by atomic mass is 35.5. The van der Waals surface area contributed by atoms with Gasteiger partial charge in [-0.25, -0.2) is 13.6 Å². The molecular formula is C21H23ClF2N2O3. The van der Waals surface area contributed by atoms with E-state index in [1.54, 1.807) is 11.0 Å². The first-order chi connectivity index (χ1) is 14.0. The van der Waals surface area contributed by atoms with Crippen LogP contribution in [0.1, 0.15) is 17.2 Å². The van der Waals surface area contributed by atoms with Gasteiger partial charge in [0.05, 0.1) is 13.2 Å². The molecule has 3 rings (SSSR count). The minimum atomic E-state index is -0.945. The Morgan fingerprint density at radius 3 is 2.83 bits per heavy atom. The van der Waals surface area contributed by atoms with E-state index in [1.165, 1.54) is 6.07 Å². The fraction of sp³-hybridized carbons (Fsp3) is 0.381. The van der Waals surface area contributed by atoms with Gasteiger partial charge in [-0.1, -0.05) is 29.8 Å². The van der Waals surface area contributed by atoms with Crippen LogP contribution >= 0.6 is 11.6 Å². The number of carbonyl (C=O) groups is 1. The van der Waals surface area contributed by atoms with Crippen molar-refractivity contribution in [1.29, 1.82) is 0 Å². The van der Waals surface area contributed by atoms with Gasteiger partial charge >= 0.3 is 6.03 Å². The maximum Gasteiger partial charge on any atom is 0.317 e. The Labute approximate surface area is 173 Å². The third-order valence-corrected chi connectivity index (χ3v) is 5.12. The number of ether oxygens (including phenoxy) is 1. The van der Waals surface area contributed by atoms with Crippen LogP contribution in [-0.4, -0.2) is 48.9 Å². The van der Waals surface area contributed by atoms with Crippen LogP contribution in [0.2, 0.25) is 5.02 Å². The summed E-state index contributed by atoms with van der Waals surface area (Å²) in [4.78, 5) is 14.1. The van der Waals surface area contributed by atoms with Gasteiger partial charge < -0.3 is 20.1 Å². The van der Waals surface area contributed by atoms with Gasteiger partial charge in [0, 0.05) is 30.6 Å². The van der Waals surface area contributed by atoms with Crippen molar-refractivity contribution in [2.75, 3.05) is 32.8 Å². The predicted octanol–water partition coefficient (Wildman–Crippen LogP) is 3.55. The molecule has 0 aromatic heterocycles. The van der Waals surface area contributed by atoms with Crippen molar-refractivity contribution >= 4 is 17.6 Å². The second kappa shape index (κ2) is 10.0. The van der Waals surface area contributed by atoms with Crippen LogP contribution in [0.15, 0.2) is 42.5 Å². The smallest absolute Gasteiger partial charge is 0.317 e. The summed E-state index contributed by atoms with van der Waals surface area (Å²) in [5, 5.41) is 13.1. The first kappa shape index (κ1) is 21.5. The largest absolute Gasteiger partial charge is 0.396 e. The average Bonchev–Trinajstić information content (AvgIpc) is 2.73. The lowest BCUT2D eigenvalue weighted by molar-refractivity contribution is -0.0157. The van der Waals surface area contributed by atoms with E-state index < -0.39 is 17.7 Å². The SMILES string of the molecule is O=C(NCC(CO)Cc1cccc(Cl)c1)N1CCOC(c2ccc(F)c(F)c2)C1. The molecule has 156 valence electrons. The predicted molar refractivity (Wildman–Crippen MR) is 106 cm³/mol. The quantitative estimate of drug-likeness (QED) is 0.745. The van der Waals surface area contributed by atoms with Gasteiger partial charge in [0.2, 0.25) is 0 Å². The molecule has 29 heavy (non-hydrogen) atoms. The molecule has 2 unspecified atom stereocenters. The van der Waals surface area contributed by atoms with E-state index in [9.17, 15) is 18.7 Å². The zero-order valence-corrected chi connectivity index (χ0v) is 16.5. The number of urea groups is 1. The van der Waals surface area contributed by atoms with E-state index in [0.717, 1.165) is 17.7 Å². The molecule has 1 aliphatic heterocycles. The number of nitrogens with zero attached hydrogens (tertiary/aromatic N) is 1. The van der Waals surface area contributed by atoms with Crippen LogP contribution in [-0.2, 0) is 11.2 Å². The van der Waals surface area contributed by atoms with E-state index in [0.29, 0.717) is 36.7 Å². The van der Waals surface area contributed by atoms with Crippen LogP contribution in [0, 0.1) is 17.6 Å². The number of rotatable bonds is 6. The number of halogens is 3. The van der Waals surface area contributed by atoms with Crippen molar-refractivity contribution in [2.24, 2.45) is 5.92 Å². The minimum Gasteiger partial charge on any atom is -0.396 e. The Hall–Kier alpha value is -2.22. The highest BCUT2D eigenvalue weighted by Crippen LogP contribution is 2.24. The number of aliphatic hydroxyl groups excluding tert-OH is 1. The first-order valence-corrected chi connectivity index (χ1v) is 9.78. The second-order valence-electron chi connectivity index (χ2n) is 7.05. The highest BCUT2D eigenvalue weighted by Gasteiger charge is 2.26. The number of morpholine rings is 1. The van der Waals surface area contributed by atoms with Crippen molar-refractivity contribution in [3.05, 3.63) is 70.2 Å². The summed E-state index contributed by atoms with van der Waals surface area (Å²) >= 11 is 5.99. The number of aliphatic hydroxyl groups is 1. The Kier molecular flexibility index (Phi) is 7.41. The number of hydrogen-bond donors (Lipinski definition) is 2. The standard InChI is InChI=1S/C21H23ClF2N2O3/c22-17-3-1-2-14(9-17)8-15(13-27)11-25-21(28)26-6-7-29-20(12-26)16-4-5-18(23)19(24)10-16/h1-5,9-10,15,20,27H,6-8,11-13H2,(H,25,28). The van der Waals surface area contributed by atoms with Gasteiger partial charge in [-0.2, -0.15) is 0 Å². The third kappa shape index (κ3) is 5.88. The molecule has 0 bridgehead atoms. The first-order valence-electron chi connectivity index (χ1n) is 9.41. The lowest BCUT2D eigenvalue weighted by Gasteiger charge is -2.33. The molecule has 1 fully saturated rings. The summed E-state index contributed by atoms with van der Waals surface area (Å²) in [5.41, 5.74) is 1.46. The molecule has 0 radical (unpaired) electrons. The molecule has 2 aromatic carbocycles. The summed E-state index contributed by atoms with van der Waals surface area (Å²) in [6.45, 7) is 1.14. The maximum atomic E-state index is 13.5. The normalized spacial score (nSPS) is 17.8. The van der Waals surface area contributed by atoms with Crippen LogP contribution < -0.4 is 5.32 Å². The van der Waals surface area contributed by atoms with E-state index >= 15 is 0 Å². The van der Waals surface area contributed by atoms with E-state index in [2.05, 4.69) is 5.32 Å². The molecule has 0 saturated carbocycles. The molecule has 0 aliphatic carbocycles. The molecule has 2 atom stereocenters. The van der Waals surface area contributed by atoms with Crippen LogP contribution in [0.4, 0.5) is 13.6 Å². The Morgan fingerprint density at radius 2 is 2.10 bits per heavy atom. The fourth-order valence-corrected chi connectivity index (χ4v) is 3.50. The van der Waals surface area contributed by atoms with E-state index in [-0.39, 0.29) is 25.1 Å². The molecule has 2 amide bonds. The molecule has 5 nitrogen and oxygen atoms in total. The Balaban J connectivity index is 1.54. The summed E-state index contributed by atoms with van der Waals surface area (Å²) in [6.07, 6.45) is 0.0579. The van der Waals surface area contributed by atoms with E-state index in [4.69, 9.17) is 16.3 Å². The van der Waals surface area contributed by atoms with Crippen LogP contribution in [0.25, 0.3) is 0 Å². The molecule has 1 heterocycles. The van der Waals surface area contributed by atoms with E-state index in [1.807, 2.05) is 18.2 Å². The van der Waals surface area contributed by atoms with Gasteiger partial charge in [-0.05, 0) is 41.8 Å². The van der Waals surface area contributed by atoms with Crippen molar-refractivity contribution in [3.8, 4) is 0 Å². The summed E-state index contributed by atoms with van der Waals surface area (Å²) in [6, 6.07) is 10.7. The van der Waals surface area contributed by atoms with Crippen molar-refractivity contribution in [1.82, 2.24) is 10.2 Å². The monoisotopic (exact) mass is 424 g/mol. The number of nitrogens with one attached hydrogen (secondary N) is 1. The summed E-state index contributed by atoms with van der Waals surface area (Å²) in [7, 11) is 0. The molecule has 2 aromatic rings. The maximum absolute atomic E-state index is 13.5. The van der Waals surface area contributed by atoms with Crippen molar-refractivity contribution < 1.29 is 23.4 Å². The average molecular weight is 425 g/mol. The summed E-state index contributed by atoms with van der Waals surface area (Å²) < 4.78 is 32.2. The zero-order chi connectivity index (χ0) is 20.8. The molecule has 2 N–H and O–H groups in total. The van der Waals surface area contributed by atoms with Gasteiger partial charge in [-0.3, -0.25) is 0 Å². The second-order valence-corrected chi connectivity index (χ2v) is 7.48. The number of amides is 2. The van der Waals surface area contributed by atoms with Gasteiger partial charge in [0.1, 0.15) is 6.10 Å². The third-order valence-electron chi connectivity index (χ3n) is 4.88. The molecule has 8 heteroatoms. The highest BCUT2D eigenvalue weighted by molar-refractivity contribution is 6.30. The van der Waals surface area contributed by atoms with Gasteiger partial charge in [-0.15, -0.1) is 0 Å². The Bertz CT molecular complexity index is 852. The molecule has 1 saturated heterocycles. The number of benzene rings is 2. The van der Waals surface area contributed by atoms with Crippen LogP contribution in [0.3, 0.4) is 0 Å². The molecular weight excluding hydrogens is 402 g/mol. The van der Waals surface area contributed by atoms with Crippen LogP contribution in [0.5, 0.6) is 0 Å². The lowest BCUT2D eigenvalue weighted by Crippen LogP contribution is -2.48.